The Hall–Kier alpha value is -2.23. The number of nitrogens with zero attached hydrogens (tertiary/aromatic N) is 4. The summed E-state index contributed by atoms with van der Waals surface area (Å²) >= 11 is 0. The number of unbranched alkanes of at least 4 members (excludes halogenated alkanes) is 1. The van der Waals surface area contributed by atoms with Gasteiger partial charge in [-0.25, -0.2) is 9.97 Å². The van der Waals surface area contributed by atoms with Gasteiger partial charge in [0.05, 0.1) is 5.69 Å². The van der Waals surface area contributed by atoms with Gasteiger partial charge in [0, 0.05) is 18.1 Å². The molecule has 0 bridgehead atoms. The highest BCUT2D eigenvalue weighted by molar-refractivity contribution is 5.63. The van der Waals surface area contributed by atoms with Crippen LogP contribution >= 0.6 is 0 Å². The van der Waals surface area contributed by atoms with E-state index in [2.05, 4.69) is 28.3 Å². The molecule has 0 spiro atoms. The minimum absolute atomic E-state index is 0.806. The first kappa shape index (κ1) is 11.8. The van der Waals surface area contributed by atoms with Gasteiger partial charge in [-0.1, -0.05) is 43.7 Å². The predicted octanol–water partition coefficient (Wildman–Crippen LogP) is 2.93. The number of benzene rings is 1. The molecule has 0 saturated heterocycles. The Morgan fingerprint density at radius 1 is 1.21 bits per heavy atom. The van der Waals surface area contributed by atoms with E-state index < -0.39 is 0 Å². The highest BCUT2D eigenvalue weighted by atomic mass is 15.3. The SMILES string of the molecule is CCCCc1n[c]n2nc(-c3ccccc3)cc2n1. The molecule has 0 N–H and O–H groups in total. The maximum Gasteiger partial charge on any atom is 0.202 e. The lowest BCUT2D eigenvalue weighted by molar-refractivity contribution is 0.736. The van der Waals surface area contributed by atoms with Crippen LogP contribution in [0.4, 0.5) is 0 Å². The molecule has 3 aromatic rings. The van der Waals surface area contributed by atoms with Crippen molar-refractivity contribution in [3.63, 3.8) is 0 Å². The van der Waals surface area contributed by atoms with Crippen molar-refractivity contribution < 1.29 is 0 Å². The zero-order valence-corrected chi connectivity index (χ0v) is 10.9. The van der Waals surface area contributed by atoms with E-state index in [9.17, 15) is 0 Å². The molecular formula is C15H15N4. The molecule has 2 aromatic heterocycles. The topological polar surface area (TPSA) is 43.1 Å². The van der Waals surface area contributed by atoms with Gasteiger partial charge in [0.25, 0.3) is 0 Å². The maximum absolute atomic E-state index is 4.52. The number of aryl methyl sites for hydroxylation is 1. The number of hydrogen-bond donors (Lipinski definition) is 0. The van der Waals surface area contributed by atoms with Crippen molar-refractivity contribution in [1.82, 2.24) is 19.6 Å². The van der Waals surface area contributed by atoms with E-state index in [1.807, 2.05) is 36.4 Å². The van der Waals surface area contributed by atoms with Crippen LogP contribution in [0.2, 0.25) is 0 Å². The molecule has 0 atom stereocenters. The normalized spacial score (nSPS) is 11.0. The van der Waals surface area contributed by atoms with Gasteiger partial charge in [-0.05, 0) is 6.42 Å². The van der Waals surface area contributed by atoms with E-state index in [4.69, 9.17) is 0 Å². The van der Waals surface area contributed by atoms with Gasteiger partial charge in [0.15, 0.2) is 5.65 Å². The lowest BCUT2D eigenvalue weighted by Gasteiger charge is -1.97. The Labute approximate surface area is 112 Å². The van der Waals surface area contributed by atoms with Gasteiger partial charge >= 0.3 is 0 Å². The van der Waals surface area contributed by atoms with Crippen molar-refractivity contribution in [2.75, 3.05) is 0 Å². The molecule has 0 fully saturated rings. The zero-order valence-electron chi connectivity index (χ0n) is 10.9. The van der Waals surface area contributed by atoms with E-state index in [-0.39, 0.29) is 0 Å². The molecule has 0 aliphatic carbocycles. The average molecular weight is 251 g/mol. The summed E-state index contributed by atoms with van der Waals surface area (Å²) in [5.74, 6) is 0.842. The Bertz CT molecular complexity index is 673. The first-order valence-electron chi connectivity index (χ1n) is 6.56. The van der Waals surface area contributed by atoms with Crippen molar-refractivity contribution in [3.8, 4) is 11.3 Å². The summed E-state index contributed by atoms with van der Waals surface area (Å²) in [6, 6.07) is 12.0. The molecule has 3 rings (SSSR count). The third-order valence-electron chi connectivity index (χ3n) is 3.03. The molecule has 1 aromatic carbocycles. The molecule has 0 unspecified atom stereocenters. The van der Waals surface area contributed by atoms with E-state index in [1.165, 1.54) is 0 Å². The molecule has 0 amide bonds. The van der Waals surface area contributed by atoms with E-state index in [0.717, 1.165) is 42.0 Å². The monoisotopic (exact) mass is 251 g/mol. The third-order valence-corrected chi connectivity index (χ3v) is 3.03. The molecule has 1 radical (unpaired) electrons. The highest BCUT2D eigenvalue weighted by Gasteiger charge is 2.06. The fourth-order valence-corrected chi connectivity index (χ4v) is 1.98. The quantitative estimate of drug-likeness (QED) is 0.716. The van der Waals surface area contributed by atoms with Crippen LogP contribution in [0.1, 0.15) is 25.6 Å². The first-order valence-corrected chi connectivity index (χ1v) is 6.56. The molecule has 4 nitrogen and oxygen atoms in total. The molecular weight excluding hydrogens is 236 g/mol. The second-order valence-electron chi connectivity index (χ2n) is 4.51. The van der Waals surface area contributed by atoms with Crippen LogP contribution in [0.3, 0.4) is 0 Å². The minimum Gasteiger partial charge on any atom is -0.214 e. The van der Waals surface area contributed by atoms with Crippen molar-refractivity contribution >= 4 is 5.65 Å². The fraction of sp³-hybridized carbons (Fsp3) is 0.267. The standard InChI is InChI=1S/C15H15N4/c1-2-3-9-14-16-11-19-15(17-14)10-13(18-19)12-7-5-4-6-8-12/h4-8,10H,2-3,9H2,1H3. The van der Waals surface area contributed by atoms with Crippen molar-refractivity contribution in [3.05, 3.63) is 48.5 Å². The fourth-order valence-electron chi connectivity index (χ4n) is 1.98. The Balaban J connectivity index is 1.97. The van der Waals surface area contributed by atoms with Crippen molar-refractivity contribution in [2.45, 2.75) is 26.2 Å². The molecule has 0 aliphatic heterocycles. The van der Waals surface area contributed by atoms with Crippen molar-refractivity contribution in [1.29, 1.82) is 0 Å². The summed E-state index contributed by atoms with van der Waals surface area (Å²) in [5, 5.41) is 4.44. The predicted molar refractivity (Wildman–Crippen MR) is 73.7 cm³/mol. The van der Waals surface area contributed by atoms with E-state index in [0.29, 0.717) is 0 Å². The van der Waals surface area contributed by atoms with Crippen LogP contribution < -0.4 is 0 Å². The molecule has 2 heterocycles. The third kappa shape index (κ3) is 2.47. The van der Waals surface area contributed by atoms with Crippen LogP contribution in [0, 0.1) is 6.33 Å². The summed E-state index contributed by atoms with van der Waals surface area (Å²) < 4.78 is 1.61. The van der Waals surface area contributed by atoms with Gasteiger partial charge in [0.1, 0.15) is 5.82 Å². The van der Waals surface area contributed by atoms with Gasteiger partial charge < -0.3 is 0 Å². The summed E-state index contributed by atoms with van der Waals surface area (Å²) in [4.78, 5) is 8.73. The second-order valence-corrected chi connectivity index (χ2v) is 4.51. The Morgan fingerprint density at radius 2 is 2.05 bits per heavy atom. The highest BCUT2D eigenvalue weighted by Crippen LogP contribution is 2.18. The number of rotatable bonds is 4. The molecule has 0 aliphatic rings. The van der Waals surface area contributed by atoms with Gasteiger partial charge in [-0.3, -0.25) is 0 Å². The van der Waals surface area contributed by atoms with Crippen molar-refractivity contribution in [2.24, 2.45) is 0 Å². The maximum atomic E-state index is 4.52. The van der Waals surface area contributed by atoms with E-state index >= 15 is 0 Å². The smallest absolute Gasteiger partial charge is 0.202 e. The van der Waals surface area contributed by atoms with E-state index in [1.54, 1.807) is 4.52 Å². The van der Waals surface area contributed by atoms with Crippen LogP contribution in [-0.4, -0.2) is 19.6 Å². The lowest BCUT2D eigenvalue weighted by atomic mass is 10.2. The van der Waals surface area contributed by atoms with Gasteiger partial charge in [0.2, 0.25) is 6.33 Å². The summed E-state index contributed by atoms with van der Waals surface area (Å²) in [6.07, 6.45) is 6.05. The van der Waals surface area contributed by atoms with Gasteiger partial charge in [-0.2, -0.15) is 9.61 Å². The van der Waals surface area contributed by atoms with Crippen LogP contribution in [-0.2, 0) is 6.42 Å². The van der Waals surface area contributed by atoms with Crippen LogP contribution in [0.15, 0.2) is 36.4 Å². The Morgan fingerprint density at radius 3 is 2.84 bits per heavy atom. The zero-order chi connectivity index (χ0) is 13.1. The lowest BCUT2D eigenvalue weighted by Crippen LogP contribution is -2.00. The molecule has 95 valence electrons. The molecule has 4 heteroatoms. The summed E-state index contributed by atoms with van der Waals surface area (Å²) in [5.41, 5.74) is 2.79. The number of hydrogen-bond acceptors (Lipinski definition) is 3. The van der Waals surface area contributed by atoms with Crippen LogP contribution in [0.25, 0.3) is 16.9 Å². The summed E-state index contributed by atoms with van der Waals surface area (Å²) in [6.45, 7) is 2.16. The average Bonchev–Trinajstić information content (AvgIpc) is 2.89. The first-order chi connectivity index (χ1) is 9.36. The molecule has 19 heavy (non-hydrogen) atoms. The minimum atomic E-state index is 0.806. The second kappa shape index (κ2) is 5.18. The Kier molecular flexibility index (Phi) is 3.23. The number of aromatic nitrogens is 4. The van der Waals surface area contributed by atoms with Gasteiger partial charge in [-0.15, -0.1) is 0 Å². The number of fused-ring (bicyclic) bond motifs is 1. The summed E-state index contributed by atoms with van der Waals surface area (Å²) in [7, 11) is 0. The van der Waals surface area contributed by atoms with Crippen LogP contribution in [0.5, 0.6) is 0 Å². The largest absolute Gasteiger partial charge is 0.214 e. The molecule has 0 saturated carbocycles.